The van der Waals surface area contributed by atoms with Gasteiger partial charge in [0.05, 0.1) is 22.7 Å². The van der Waals surface area contributed by atoms with Crippen molar-refractivity contribution in [1.82, 2.24) is 9.78 Å². The van der Waals surface area contributed by atoms with E-state index in [9.17, 15) is 9.59 Å². The Hall–Kier alpha value is -3.91. The zero-order valence-electron chi connectivity index (χ0n) is 17.2. The van der Waals surface area contributed by atoms with Gasteiger partial charge in [-0.1, -0.05) is 36.4 Å². The average molecular weight is 445 g/mol. The molecule has 1 aliphatic rings. The number of amides is 2. The Morgan fingerprint density at radius 2 is 2.03 bits per heavy atom. The van der Waals surface area contributed by atoms with Crippen LogP contribution in [0.15, 0.2) is 72.2 Å². The molecule has 0 radical (unpaired) electrons. The molecular weight excluding hydrogens is 424 g/mol. The van der Waals surface area contributed by atoms with Gasteiger partial charge in [0.1, 0.15) is 11.4 Å². The highest BCUT2D eigenvalue weighted by atomic mass is 32.1. The first kappa shape index (κ1) is 20.0. The van der Waals surface area contributed by atoms with Crippen LogP contribution in [0.1, 0.15) is 22.8 Å². The third-order valence-corrected chi connectivity index (χ3v) is 5.99. The lowest BCUT2D eigenvalue weighted by atomic mass is 10.1. The summed E-state index contributed by atoms with van der Waals surface area (Å²) in [5, 5.41) is 12.4. The number of hydrogen-bond donors (Lipinski definition) is 2. The summed E-state index contributed by atoms with van der Waals surface area (Å²) < 4.78 is 7.36. The molecule has 0 aliphatic carbocycles. The fourth-order valence-electron chi connectivity index (χ4n) is 3.52. The van der Waals surface area contributed by atoms with Crippen molar-refractivity contribution in [3.05, 3.63) is 83.4 Å². The highest BCUT2D eigenvalue weighted by Gasteiger charge is 2.24. The minimum atomic E-state index is -0.549. The molecule has 3 heterocycles. The largest absolute Gasteiger partial charge is 0.479 e. The van der Waals surface area contributed by atoms with E-state index in [2.05, 4.69) is 15.7 Å². The van der Waals surface area contributed by atoms with Crippen LogP contribution < -0.4 is 15.4 Å². The number of rotatable bonds is 5. The van der Waals surface area contributed by atoms with Gasteiger partial charge in [0.2, 0.25) is 0 Å². The van der Waals surface area contributed by atoms with Crippen molar-refractivity contribution in [2.45, 2.75) is 19.6 Å². The van der Waals surface area contributed by atoms with Crippen LogP contribution in [-0.4, -0.2) is 27.7 Å². The topological polar surface area (TPSA) is 85.2 Å². The first-order valence-corrected chi connectivity index (χ1v) is 11.0. The normalized spacial score (nSPS) is 14.9. The molecule has 5 rings (SSSR count). The number of carbonyl (C=O) groups is 2. The number of ether oxygens (including phenoxy) is 1. The van der Waals surface area contributed by atoms with Crippen molar-refractivity contribution < 1.29 is 14.3 Å². The van der Waals surface area contributed by atoms with Crippen molar-refractivity contribution >= 4 is 34.5 Å². The second-order valence-corrected chi connectivity index (χ2v) is 8.41. The summed E-state index contributed by atoms with van der Waals surface area (Å²) in [6.45, 7) is 2.25. The summed E-state index contributed by atoms with van der Waals surface area (Å²) in [7, 11) is 0. The Kier molecular flexibility index (Phi) is 5.20. The van der Waals surface area contributed by atoms with Gasteiger partial charge in [-0.05, 0) is 42.1 Å². The molecular formula is C24H20N4O3S. The maximum atomic E-state index is 13.2. The Balaban J connectivity index is 1.43. The second-order valence-electron chi connectivity index (χ2n) is 7.47. The lowest BCUT2D eigenvalue weighted by molar-refractivity contribution is -0.122. The monoisotopic (exact) mass is 444 g/mol. The highest BCUT2D eigenvalue weighted by molar-refractivity contribution is 7.13. The van der Waals surface area contributed by atoms with Gasteiger partial charge in [-0.3, -0.25) is 14.3 Å². The van der Waals surface area contributed by atoms with E-state index in [0.717, 1.165) is 10.4 Å². The zero-order valence-corrected chi connectivity index (χ0v) is 18.1. The van der Waals surface area contributed by atoms with Gasteiger partial charge < -0.3 is 15.4 Å². The van der Waals surface area contributed by atoms with E-state index in [0.29, 0.717) is 34.9 Å². The van der Waals surface area contributed by atoms with E-state index in [1.165, 1.54) is 11.3 Å². The number of hydrogen-bond acceptors (Lipinski definition) is 5. The molecule has 2 N–H and O–H groups in total. The van der Waals surface area contributed by atoms with E-state index in [-0.39, 0.29) is 11.8 Å². The van der Waals surface area contributed by atoms with Gasteiger partial charge in [-0.2, -0.15) is 5.10 Å². The number of thiophene rings is 1. The Labute approximate surface area is 188 Å². The van der Waals surface area contributed by atoms with Crippen molar-refractivity contribution in [3.63, 3.8) is 0 Å². The third-order valence-electron chi connectivity index (χ3n) is 5.12. The molecule has 8 heteroatoms. The predicted octanol–water partition coefficient (Wildman–Crippen LogP) is 4.63. The molecule has 0 bridgehead atoms. The molecule has 2 aromatic carbocycles. The Morgan fingerprint density at radius 3 is 2.81 bits per heavy atom. The minimum Gasteiger partial charge on any atom is -0.479 e. The van der Waals surface area contributed by atoms with Crippen LogP contribution in [0.5, 0.6) is 5.75 Å². The van der Waals surface area contributed by atoms with Gasteiger partial charge in [-0.25, -0.2) is 0 Å². The Morgan fingerprint density at radius 1 is 1.19 bits per heavy atom. The van der Waals surface area contributed by atoms with E-state index in [1.807, 2.05) is 47.8 Å². The molecule has 4 aromatic rings. The number of nitrogens with one attached hydrogen (secondary N) is 2. The molecule has 0 saturated heterocycles. The highest BCUT2D eigenvalue weighted by Crippen LogP contribution is 2.33. The van der Waals surface area contributed by atoms with Crippen LogP contribution in [0.4, 0.5) is 11.4 Å². The summed E-state index contributed by atoms with van der Waals surface area (Å²) in [6.07, 6.45) is 1.22. The summed E-state index contributed by atoms with van der Waals surface area (Å²) in [4.78, 5) is 26.0. The van der Waals surface area contributed by atoms with Gasteiger partial charge in [0.15, 0.2) is 6.10 Å². The average Bonchev–Trinajstić information content (AvgIpc) is 3.45. The van der Waals surface area contributed by atoms with Crippen molar-refractivity contribution in [1.29, 1.82) is 0 Å². The van der Waals surface area contributed by atoms with E-state index < -0.39 is 6.10 Å². The van der Waals surface area contributed by atoms with E-state index in [4.69, 9.17) is 4.74 Å². The first-order valence-electron chi connectivity index (χ1n) is 10.1. The Bertz CT molecular complexity index is 1280. The molecule has 2 amide bonds. The van der Waals surface area contributed by atoms with Gasteiger partial charge >= 0.3 is 0 Å². The van der Waals surface area contributed by atoms with Crippen LogP contribution in [0, 0.1) is 0 Å². The lowest BCUT2D eigenvalue weighted by Gasteiger charge is -2.23. The first-order chi connectivity index (χ1) is 15.6. The fraction of sp³-hybridized carbons (Fsp3) is 0.125. The van der Waals surface area contributed by atoms with Crippen molar-refractivity contribution in [3.8, 4) is 16.3 Å². The molecule has 1 unspecified atom stereocenters. The molecule has 32 heavy (non-hydrogen) atoms. The number of fused-ring (bicyclic) bond motifs is 1. The van der Waals surface area contributed by atoms with Crippen molar-refractivity contribution in [2.75, 3.05) is 10.6 Å². The molecule has 2 aromatic heterocycles. The summed E-state index contributed by atoms with van der Waals surface area (Å²) in [5.74, 6) is 0.0808. The van der Waals surface area contributed by atoms with Crippen LogP contribution in [0.2, 0.25) is 0 Å². The van der Waals surface area contributed by atoms with Crippen molar-refractivity contribution in [2.24, 2.45) is 0 Å². The zero-order chi connectivity index (χ0) is 22.1. The van der Waals surface area contributed by atoms with E-state index >= 15 is 0 Å². The van der Waals surface area contributed by atoms with E-state index in [1.54, 1.807) is 36.0 Å². The molecule has 1 aliphatic heterocycles. The number of anilines is 2. The molecule has 0 fully saturated rings. The lowest BCUT2D eigenvalue weighted by Crippen LogP contribution is -2.34. The number of nitrogens with zero attached hydrogens (tertiary/aromatic N) is 2. The summed E-state index contributed by atoms with van der Waals surface area (Å²) >= 11 is 1.53. The fourth-order valence-corrected chi connectivity index (χ4v) is 4.24. The van der Waals surface area contributed by atoms with Gasteiger partial charge in [-0.15, -0.1) is 11.3 Å². The number of aromatic nitrogens is 2. The second kappa shape index (κ2) is 8.32. The van der Waals surface area contributed by atoms with Crippen LogP contribution in [0.3, 0.4) is 0 Å². The summed E-state index contributed by atoms with van der Waals surface area (Å²) in [6, 6.07) is 19.0. The quantitative estimate of drug-likeness (QED) is 0.470. The standard InChI is InChI=1S/C24H20N4O3S/c1-15-23(29)26-19-12-17(9-10-20(19)31-15)25-24(30)18-14-28(13-16-6-3-2-4-7-16)27-22(18)21-8-5-11-32-21/h2-12,14-15H,13H2,1H3,(H,25,30)(H,26,29). The molecule has 0 spiro atoms. The van der Waals surface area contributed by atoms with Gasteiger partial charge in [0.25, 0.3) is 11.8 Å². The maximum absolute atomic E-state index is 13.2. The molecule has 1 atom stereocenters. The molecule has 0 saturated carbocycles. The number of benzene rings is 2. The predicted molar refractivity (Wildman–Crippen MR) is 124 cm³/mol. The van der Waals surface area contributed by atoms with Crippen LogP contribution >= 0.6 is 11.3 Å². The maximum Gasteiger partial charge on any atom is 0.265 e. The minimum absolute atomic E-state index is 0.219. The van der Waals surface area contributed by atoms with Crippen LogP contribution in [-0.2, 0) is 11.3 Å². The van der Waals surface area contributed by atoms with Gasteiger partial charge in [0, 0.05) is 11.9 Å². The third kappa shape index (κ3) is 4.00. The number of carbonyl (C=O) groups excluding carboxylic acids is 2. The SMILES string of the molecule is CC1Oc2ccc(NC(=O)c3cn(Cc4ccccc4)nc3-c3cccs3)cc2NC1=O. The molecule has 7 nitrogen and oxygen atoms in total. The van der Waals surface area contributed by atoms with Crippen LogP contribution in [0.25, 0.3) is 10.6 Å². The summed E-state index contributed by atoms with van der Waals surface area (Å²) in [5.41, 5.74) is 3.30. The smallest absolute Gasteiger partial charge is 0.265 e. The molecule has 160 valence electrons.